The minimum atomic E-state index is -0.212. The van der Waals surface area contributed by atoms with Gasteiger partial charge in [0.25, 0.3) is 0 Å². The summed E-state index contributed by atoms with van der Waals surface area (Å²) in [5, 5.41) is 0. The van der Waals surface area contributed by atoms with Crippen molar-refractivity contribution >= 4 is 5.97 Å². The Kier molecular flexibility index (Phi) is 5.56. The molecule has 0 heterocycles. The van der Waals surface area contributed by atoms with E-state index in [2.05, 4.69) is 37.3 Å². The second kappa shape index (κ2) is 7.63. The summed E-state index contributed by atoms with van der Waals surface area (Å²) in [6, 6.07) is 16.4. The summed E-state index contributed by atoms with van der Waals surface area (Å²) in [5.41, 5.74) is 4.39. The standard InChI is InChI=1S/C19H22O2/c1-3-17-16(14-13-15-9-6-5-7-10-15)11-8-12-18(17)19(20)21-4-2/h5-12H,3-4,13-14H2,1-2H3. The highest BCUT2D eigenvalue weighted by Gasteiger charge is 2.14. The number of aryl methyl sites for hydroxylation is 2. The first-order valence-electron chi connectivity index (χ1n) is 7.58. The summed E-state index contributed by atoms with van der Waals surface area (Å²) in [4.78, 5) is 12.0. The van der Waals surface area contributed by atoms with Crippen molar-refractivity contribution in [3.8, 4) is 0 Å². The largest absolute Gasteiger partial charge is 0.462 e. The van der Waals surface area contributed by atoms with Crippen molar-refractivity contribution in [1.82, 2.24) is 0 Å². The van der Waals surface area contributed by atoms with Crippen molar-refractivity contribution in [2.45, 2.75) is 33.1 Å². The molecule has 0 bridgehead atoms. The predicted molar refractivity (Wildman–Crippen MR) is 85.6 cm³/mol. The quantitative estimate of drug-likeness (QED) is 0.742. The first-order chi connectivity index (χ1) is 10.3. The van der Waals surface area contributed by atoms with Gasteiger partial charge >= 0.3 is 5.97 Å². The molecule has 2 nitrogen and oxygen atoms in total. The molecule has 2 heteroatoms. The average Bonchev–Trinajstić information content (AvgIpc) is 2.53. The van der Waals surface area contributed by atoms with Crippen molar-refractivity contribution in [1.29, 1.82) is 0 Å². The van der Waals surface area contributed by atoms with E-state index >= 15 is 0 Å². The number of ether oxygens (including phenoxy) is 1. The highest BCUT2D eigenvalue weighted by atomic mass is 16.5. The Morgan fingerprint density at radius 3 is 2.38 bits per heavy atom. The summed E-state index contributed by atoms with van der Waals surface area (Å²) in [6.45, 7) is 4.34. The van der Waals surface area contributed by atoms with E-state index in [4.69, 9.17) is 4.74 Å². The van der Waals surface area contributed by atoms with Crippen molar-refractivity contribution < 1.29 is 9.53 Å². The van der Waals surface area contributed by atoms with Crippen LogP contribution < -0.4 is 0 Å². The van der Waals surface area contributed by atoms with Crippen LogP contribution in [0.4, 0.5) is 0 Å². The smallest absolute Gasteiger partial charge is 0.338 e. The van der Waals surface area contributed by atoms with Gasteiger partial charge < -0.3 is 4.74 Å². The van der Waals surface area contributed by atoms with E-state index in [1.165, 1.54) is 11.1 Å². The Morgan fingerprint density at radius 2 is 1.71 bits per heavy atom. The van der Waals surface area contributed by atoms with Crippen molar-refractivity contribution in [3.63, 3.8) is 0 Å². The van der Waals surface area contributed by atoms with Gasteiger partial charge in [0.15, 0.2) is 0 Å². The van der Waals surface area contributed by atoms with Gasteiger partial charge in [0.2, 0.25) is 0 Å². The SMILES string of the molecule is CCOC(=O)c1cccc(CCc2ccccc2)c1CC. The number of carbonyl (C=O) groups excluding carboxylic acids is 1. The lowest BCUT2D eigenvalue weighted by molar-refractivity contribution is 0.0525. The van der Waals surface area contributed by atoms with E-state index < -0.39 is 0 Å². The molecule has 2 aromatic carbocycles. The van der Waals surface area contributed by atoms with Gasteiger partial charge in [-0.3, -0.25) is 0 Å². The Bertz CT molecular complexity index is 588. The Labute approximate surface area is 126 Å². The van der Waals surface area contributed by atoms with Crippen molar-refractivity contribution in [3.05, 3.63) is 70.8 Å². The molecule has 0 aromatic heterocycles. The van der Waals surface area contributed by atoms with Crippen LogP contribution in [-0.2, 0) is 24.0 Å². The molecule has 2 rings (SSSR count). The van der Waals surface area contributed by atoms with Crippen molar-refractivity contribution in [2.24, 2.45) is 0 Å². The van der Waals surface area contributed by atoms with Gasteiger partial charge in [-0.2, -0.15) is 0 Å². The number of hydrogen-bond acceptors (Lipinski definition) is 2. The zero-order valence-corrected chi connectivity index (χ0v) is 12.8. The summed E-state index contributed by atoms with van der Waals surface area (Å²) < 4.78 is 5.15. The predicted octanol–water partition coefficient (Wildman–Crippen LogP) is 4.21. The molecule has 110 valence electrons. The molecule has 0 N–H and O–H groups in total. The first kappa shape index (κ1) is 15.3. The first-order valence-corrected chi connectivity index (χ1v) is 7.58. The molecule has 0 amide bonds. The van der Waals surface area contributed by atoms with Crippen LogP contribution in [0.1, 0.15) is 40.9 Å². The second-order valence-electron chi connectivity index (χ2n) is 5.00. The highest BCUT2D eigenvalue weighted by Crippen LogP contribution is 2.19. The molecule has 0 unspecified atom stereocenters. The fourth-order valence-corrected chi connectivity index (χ4v) is 2.61. The van der Waals surface area contributed by atoms with Crippen LogP contribution in [0, 0.1) is 0 Å². The summed E-state index contributed by atoms with van der Waals surface area (Å²) >= 11 is 0. The zero-order chi connectivity index (χ0) is 15.1. The maximum Gasteiger partial charge on any atom is 0.338 e. The number of hydrogen-bond donors (Lipinski definition) is 0. The fraction of sp³-hybridized carbons (Fsp3) is 0.316. The topological polar surface area (TPSA) is 26.3 Å². The Morgan fingerprint density at radius 1 is 0.952 bits per heavy atom. The molecule has 0 aliphatic rings. The van der Waals surface area contributed by atoms with Gasteiger partial charge in [0.1, 0.15) is 0 Å². The van der Waals surface area contributed by atoms with Crippen LogP contribution in [0.5, 0.6) is 0 Å². The highest BCUT2D eigenvalue weighted by molar-refractivity contribution is 5.91. The molecule has 0 aliphatic carbocycles. The molecule has 0 saturated carbocycles. The molecular formula is C19H22O2. The van der Waals surface area contributed by atoms with Crippen LogP contribution in [0.25, 0.3) is 0 Å². The molecular weight excluding hydrogens is 260 g/mol. The van der Waals surface area contributed by atoms with Gasteiger partial charge in [-0.05, 0) is 48.9 Å². The molecule has 0 saturated heterocycles. The maximum absolute atomic E-state index is 12.0. The lowest BCUT2D eigenvalue weighted by Gasteiger charge is -2.13. The van der Waals surface area contributed by atoms with Crippen LogP contribution in [0.2, 0.25) is 0 Å². The number of benzene rings is 2. The van der Waals surface area contributed by atoms with Crippen LogP contribution in [0.15, 0.2) is 48.5 Å². The Balaban J connectivity index is 2.19. The maximum atomic E-state index is 12.0. The molecule has 0 atom stereocenters. The third kappa shape index (κ3) is 3.94. The van der Waals surface area contributed by atoms with Crippen molar-refractivity contribution in [2.75, 3.05) is 6.61 Å². The van der Waals surface area contributed by atoms with Gasteiger partial charge in [-0.25, -0.2) is 4.79 Å². The van der Waals surface area contributed by atoms with E-state index in [0.717, 1.165) is 24.8 Å². The van der Waals surface area contributed by atoms with E-state index in [1.807, 2.05) is 25.1 Å². The summed E-state index contributed by atoms with van der Waals surface area (Å²) in [6.07, 6.45) is 2.78. The lowest BCUT2D eigenvalue weighted by atomic mass is 9.94. The normalized spacial score (nSPS) is 10.4. The zero-order valence-electron chi connectivity index (χ0n) is 12.8. The average molecular weight is 282 g/mol. The molecule has 0 radical (unpaired) electrons. The summed E-state index contributed by atoms with van der Waals surface area (Å²) in [7, 11) is 0. The third-order valence-corrected chi connectivity index (χ3v) is 3.65. The molecule has 0 fully saturated rings. The van der Waals surface area contributed by atoms with Crippen LogP contribution in [-0.4, -0.2) is 12.6 Å². The van der Waals surface area contributed by atoms with E-state index in [-0.39, 0.29) is 5.97 Å². The van der Waals surface area contributed by atoms with Gasteiger partial charge in [-0.15, -0.1) is 0 Å². The van der Waals surface area contributed by atoms with Gasteiger partial charge in [-0.1, -0.05) is 49.4 Å². The molecule has 0 spiro atoms. The number of rotatable bonds is 6. The van der Waals surface area contributed by atoms with E-state index in [1.54, 1.807) is 0 Å². The van der Waals surface area contributed by atoms with Crippen LogP contribution in [0.3, 0.4) is 0 Å². The second-order valence-corrected chi connectivity index (χ2v) is 5.00. The van der Waals surface area contributed by atoms with Gasteiger partial charge in [0.05, 0.1) is 12.2 Å². The Hall–Kier alpha value is -2.09. The molecule has 0 aliphatic heterocycles. The third-order valence-electron chi connectivity index (χ3n) is 3.65. The molecule has 21 heavy (non-hydrogen) atoms. The van der Waals surface area contributed by atoms with E-state index in [0.29, 0.717) is 12.2 Å². The molecule has 2 aromatic rings. The summed E-state index contributed by atoms with van der Waals surface area (Å²) in [5.74, 6) is -0.212. The monoisotopic (exact) mass is 282 g/mol. The lowest BCUT2D eigenvalue weighted by Crippen LogP contribution is -2.10. The fourth-order valence-electron chi connectivity index (χ4n) is 2.61. The number of esters is 1. The van der Waals surface area contributed by atoms with Crippen LogP contribution >= 0.6 is 0 Å². The number of carbonyl (C=O) groups is 1. The minimum absolute atomic E-state index is 0.212. The minimum Gasteiger partial charge on any atom is -0.462 e. The van der Waals surface area contributed by atoms with Gasteiger partial charge in [0, 0.05) is 0 Å². The van der Waals surface area contributed by atoms with E-state index in [9.17, 15) is 4.79 Å².